The van der Waals surface area contributed by atoms with E-state index in [4.69, 9.17) is 0 Å². The second-order valence-corrected chi connectivity index (χ2v) is 3.54. The minimum absolute atomic E-state index is 1.02. The molecular formula is C13H11N. The zero-order valence-corrected chi connectivity index (χ0v) is 7.83. The fourth-order valence-corrected chi connectivity index (χ4v) is 1.95. The van der Waals surface area contributed by atoms with E-state index in [1.165, 1.54) is 22.2 Å². The van der Waals surface area contributed by atoms with E-state index in [-0.39, 0.29) is 0 Å². The first-order valence-electron chi connectivity index (χ1n) is 4.89. The molecule has 0 atom stereocenters. The van der Waals surface area contributed by atoms with E-state index < -0.39 is 0 Å². The summed E-state index contributed by atoms with van der Waals surface area (Å²) < 4.78 is 0. The molecule has 0 fully saturated rings. The van der Waals surface area contributed by atoms with Crippen LogP contribution in [-0.2, 0) is 0 Å². The zero-order chi connectivity index (χ0) is 9.38. The number of allylic oxidation sites excluding steroid dienone is 2. The third-order valence-corrected chi connectivity index (χ3v) is 2.62. The first-order valence-corrected chi connectivity index (χ1v) is 4.89. The third kappa shape index (κ3) is 1.02. The molecule has 2 aromatic rings. The van der Waals surface area contributed by atoms with Crippen molar-refractivity contribution in [2.45, 2.75) is 6.42 Å². The van der Waals surface area contributed by atoms with Gasteiger partial charge in [0, 0.05) is 22.2 Å². The highest BCUT2D eigenvalue weighted by atomic mass is 14.7. The molecule has 1 heteroatoms. The minimum Gasteiger partial charge on any atom is -0.355 e. The van der Waals surface area contributed by atoms with E-state index >= 15 is 0 Å². The minimum atomic E-state index is 1.02. The number of rotatable bonds is 0. The second kappa shape index (κ2) is 2.88. The van der Waals surface area contributed by atoms with Crippen LogP contribution in [0.1, 0.15) is 17.7 Å². The lowest BCUT2D eigenvalue weighted by Crippen LogP contribution is -1.72. The normalized spacial score (nSPS) is 14.3. The molecule has 0 amide bonds. The van der Waals surface area contributed by atoms with Gasteiger partial charge in [-0.15, -0.1) is 0 Å². The predicted molar refractivity (Wildman–Crippen MR) is 61.0 cm³/mol. The summed E-state index contributed by atoms with van der Waals surface area (Å²) in [5.41, 5.74) is 3.75. The number of H-pyrrole nitrogens is 1. The van der Waals surface area contributed by atoms with Gasteiger partial charge >= 0.3 is 0 Å². The second-order valence-electron chi connectivity index (χ2n) is 3.54. The van der Waals surface area contributed by atoms with Crippen molar-refractivity contribution < 1.29 is 0 Å². The van der Waals surface area contributed by atoms with Crippen LogP contribution in [0.4, 0.5) is 0 Å². The molecule has 0 bridgehead atoms. The standard InChI is InChI=1S/C13H11N/c1-2-6-10-11-7-4-5-9-13(11)14-12(10)8-3-1/h2-9,14H,1H2. The van der Waals surface area contributed by atoms with E-state index in [0.29, 0.717) is 0 Å². The molecule has 1 N–H and O–H groups in total. The fourth-order valence-electron chi connectivity index (χ4n) is 1.95. The van der Waals surface area contributed by atoms with Crippen LogP contribution in [0.15, 0.2) is 36.4 Å². The molecule has 1 aliphatic carbocycles. The van der Waals surface area contributed by atoms with Crippen LogP contribution in [0.2, 0.25) is 0 Å². The molecule has 1 aliphatic rings. The molecule has 68 valence electrons. The molecule has 0 aliphatic heterocycles. The molecular weight excluding hydrogens is 170 g/mol. The third-order valence-electron chi connectivity index (χ3n) is 2.62. The van der Waals surface area contributed by atoms with Crippen molar-refractivity contribution >= 4 is 23.1 Å². The molecule has 3 rings (SSSR count). The van der Waals surface area contributed by atoms with Gasteiger partial charge in [-0.1, -0.05) is 36.4 Å². The molecule has 0 saturated carbocycles. The first-order chi connectivity index (χ1) is 6.95. The number of fused-ring (bicyclic) bond motifs is 3. The van der Waals surface area contributed by atoms with Gasteiger partial charge in [-0.2, -0.15) is 0 Å². The van der Waals surface area contributed by atoms with Gasteiger partial charge < -0.3 is 4.98 Å². The monoisotopic (exact) mass is 181 g/mol. The topological polar surface area (TPSA) is 15.8 Å². The summed E-state index contributed by atoms with van der Waals surface area (Å²) in [5, 5.41) is 1.31. The lowest BCUT2D eigenvalue weighted by Gasteiger charge is -1.90. The molecule has 0 unspecified atom stereocenters. The highest BCUT2D eigenvalue weighted by Crippen LogP contribution is 2.26. The van der Waals surface area contributed by atoms with Gasteiger partial charge in [-0.05, 0) is 18.6 Å². The Morgan fingerprint density at radius 2 is 1.86 bits per heavy atom. The summed E-state index contributed by atoms with van der Waals surface area (Å²) in [6.45, 7) is 0. The molecule has 1 aromatic heterocycles. The maximum Gasteiger partial charge on any atom is 0.0464 e. The fraction of sp³-hybridized carbons (Fsp3) is 0.0769. The Hall–Kier alpha value is -1.76. The molecule has 1 nitrogen and oxygen atoms in total. The van der Waals surface area contributed by atoms with E-state index in [9.17, 15) is 0 Å². The van der Waals surface area contributed by atoms with Crippen LogP contribution >= 0.6 is 0 Å². The van der Waals surface area contributed by atoms with E-state index in [2.05, 4.69) is 53.6 Å². The van der Waals surface area contributed by atoms with Crippen LogP contribution in [0.25, 0.3) is 23.1 Å². The molecule has 0 spiro atoms. The smallest absolute Gasteiger partial charge is 0.0464 e. The molecule has 1 heterocycles. The van der Waals surface area contributed by atoms with Crippen molar-refractivity contribution in [1.29, 1.82) is 0 Å². The lowest BCUT2D eigenvalue weighted by atomic mass is 10.1. The Morgan fingerprint density at radius 3 is 2.86 bits per heavy atom. The maximum absolute atomic E-state index is 3.42. The summed E-state index contributed by atoms with van der Waals surface area (Å²) in [6, 6.07) is 8.42. The predicted octanol–water partition coefficient (Wildman–Crippen LogP) is 3.60. The van der Waals surface area contributed by atoms with E-state index in [1.807, 2.05) is 0 Å². The van der Waals surface area contributed by atoms with Crippen LogP contribution in [0.3, 0.4) is 0 Å². The molecule has 0 radical (unpaired) electrons. The van der Waals surface area contributed by atoms with Gasteiger partial charge in [0.15, 0.2) is 0 Å². The van der Waals surface area contributed by atoms with Crippen molar-refractivity contribution in [3.05, 3.63) is 47.7 Å². The summed E-state index contributed by atoms with van der Waals surface area (Å²) in [5.74, 6) is 0. The highest BCUT2D eigenvalue weighted by molar-refractivity contribution is 5.93. The average Bonchev–Trinajstić information content (AvgIpc) is 2.42. The molecule has 14 heavy (non-hydrogen) atoms. The van der Waals surface area contributed by atoms with Gasteiger partial charge in [0.05, 0.1) is 0 Å². The molecule has 1 aromatic carbocycles. The van der Waals surface area contributed by atoms with Crippen LogP contribution in [0.5, 0.6) is 0 Å². The van der Waals surface area contributed by atoms with Crippen molar-refractivity contribution in [2.75, 3.05) is 0 Å². The van der Waals surface area contributed by atoms with Gasteiger partial charge in [-0.25, -0.2) is 0 Å². The zero-order valence-electron chi connectivity index (χ0n) is 7.83. The van der Waals surface area contributed by atoms with E-state index in [1.54, 1.807) is 0 Å². The largest absolute Gasteiger partial charge is 0.355 e. The Morgan fingerprint density at radius 1 is 1.00 bits per heavy atom. The van der Waals surface area contributed by atoms with Crippen molar-refractivity contribution in [3.8, 4) is 0 Å². The van der Waals surface area contributed by atoms with Gasteiger partial charge in [0.1, 0.15) is 0 Å². The van der Waals surface area contributed by atoms with Gasteiger partial charge in [0.25, 0.3) is 0 Å². The van der Waals surface area contributed by atoms with Crippen LogP contribution in [0, 0.1) is 0 Å². The van der Waals surface area contributed by atoms with Crippen molar-refractivity contribution in [2.24, 2.45) is 0 Å². The lowest BCUT2D eigenvalue weighted by molar-refractivity contribution is 1.41. The van der Waals surface area contributed by atoms with Gasteiger partial charge in [0.2, 0.25) is 0 Å². The molecule has 0 saturated heterocycles. The first kappa shape index (κ1) is 7.63. The number of aromatic nitrogens is 1. The highest BCUT2D eigenvalue weighted by Gasteiger charge is 2.06. The number of aromatic amines is 1. The summed E-state index contributed by atoms with van der Waals surface area (Å²) in [7, 11) is 0. The number of benzene rings is 1. The van der Waals surface area contributed by atoms with Crippen molar-refractivity contribution in [1.82, 2.24) is 4.98 Å². The Kier molecular flexibility index (Phi) is 1.57. The maximum atomic E-state index is 3.42. The summed E-state index contributed by atoms with van der Waals surface area (Å²) >= 11 is 0. The van der Waals surface area contributed by atoms with Crippen molar-refractivity contribution in [3.63, 3.8) is 0 Å². The Labute approximate surface area is 82.8 Å². The Bertz CT molecular complexity index is 529. The SMILES string of the molecule is C1=Cc2[nH]c3ccccc3c2C=CC1. The van der Waals surface area contributed by atoms with E-state index in [0.717, 1.165) is 6.42 Å². The van der Waals surface area contributed by atoms with Gasteiger partial charge in [-0.3, -0.25) is 0 Å². The summed E-state index contributed by atoms with van der Waals surface area (Å²) in [6.07, 6.45) is 9.76. The Balaban J connectivity index is 2.41. The number of nitrogens with one attached hydrogen (secondary N) is 1. The number of hydrogen-bond donors (Lipinski definition) is 1. The quantitative estimate of drug-likeness (QED) is 0.639. The number of hydrogen-bond acceptors (Lipinski definition) is 0. The number of para-hydroxylation sites is 1. The van der Waals surface area contributed by atoms with Crippen LogP contribution < -0.4 is 0 Å². The summed E-state index contributed by atoms with van der Waals surface area (Å²) in [4.78, 5) is 3.42. The average molecular weight is 181 g/mol. The van der Waals surface area contributed by atoms with Crippen LogP contribution in [-0.4, -0.2) is 4.98 Å².